The zero-order valence-corrected chi connectivity index (χ0v) is 20.6. The van der Waals surface area contributed by atoms with E-state index in [2.05, 4.69) is 19.7 Å². The summed E-state index contributed by atoms with van der Waals surface area (Å²) in [6.45, 7) is 12.4. The lowest BCUT2D eigenvalue weighted by molar-refractivity contribution is 0.0380. The lowest BCUT2D eigenvalue weighted by atomic mass is 9.77. The van der Waals surface area contributed by atoms with Gasteiger partial charge < -0.3 is 9.47 Å². The van der Waals surface area contributed by atoms with Crippen LogP contribution in [0.4, 0.5) is 17.6 Å². The number of halogens is 4. The molecule has 2 nitrogen and oxygen atoms in total. The van der Waals surface area contributed by atoms with Gasteiger partial charge in [0.2, 0.25) is 0 Å². The molecule has 3 rings (SSSR count). The van der Waals surface area contributed by atoms with E-state index >= 15 is 4.39 Å². The molecule has 0 atom stereocenters. The summed E-state index contributed by atoms with van der Waals surface area (Å²) in [6.07, 6.45) is 7.88. The monoisotopic (exact) mass is 492 g/mol. The van der Waals surface area contributed by atoms with E-state index < -0.39 is 23.3 Å². The van der Waals surface area contributed by atoms with Gasteiger partial charge in [-0.15, -0.1) is 6.58 Å². The molecule has 35 heavy (non-hydrogen) atoms. The molecule has 2 saturated carbocycles. The minimum atomic E-state index is -1.18. The highest BCUT2D eigenvalue weighted by molar-refractivity contribution is 5.33. The minimum absolute atomic E-state index is 0.0528. The molecule has 0 amide bonds. The van der Waals surface area contributed by atoms with Crippen LogP contribution in [0.3, 0.4) is 0 Å². The van der Waals surface area contributed by atoms with Crippen LogP contribution in [0.1, 0.15) is 81.3 Å². The maximum atomic E-state index is 15.0. The largest absolute Gasteiger partial charge is 0.491 e. The first-order valence-electron chi connectivity index (χ1n) is 12.5. The SMILES string of the molecule is C=CC1CCC(c2ccc(C3CCC(OCC(=C)/C(F)=C(/F)C(=C)OCC)CC3)c(F)c2F)CC1. The fourth-order valence-corrected chi connectivity index (χ4v) is 5.21. The van der Waals surface area contributed by atoms with Gasteiger partial charge >= 0.3 is 0 Å². The average Bonchev–Trinajstić information content (AvgIpc) is 2.88. The van der Waals surface area contributed by atoms with Crippen molar-refractivity contribution in [3.63, 3.8) is 0 Å². The molecule has 0 spiro atoms. The van der Waals surface area contributed by atoms with Gasteiger partial charge in [0.15, 0.2) is 29.0 Å². The molecule has 0 unspecified atom stereocenters. The zero-order chi connectivity index (χ0) is 25.5. The number of ether oxygens (including phenoxy) is 2. The quantitative estimate of drug-likeness (QED) is 0.141. The van der Waals surface area contributed by atoms with Crippen molar-refractivity contribution in [3.8, 4) is 0 Å². The third-order valence-electron chi connectivity index (χ3n) is 7.36. The Balaban J connectivity index is 1.54. The highest BCUT2D eigenvalue weighted by Gasteiger charge is 2.29. The van der Waals surface area contributed by atoms with Gasteiger partial charge in [0.25, 0.3) is 0 Å². The summed E-state index contributed by atoms with van der Waals surface area (Å²) >= 11 is 0. The van der Waals surface area contributed by atoms with Crippen molar-refractivity contribution in [2.75, 3.05) is 13.2 Å². The van der Waals surface area contributed by atoms with E-state index in [1.54, 1.807) is 19.1 Å². The molecule has 192 valence electrons. The van der Waals surface area contributed by atoms with Crippen LogP contribution < -0.4 is 0 Å². The summed E-state index contributed by atoms with van der Waals surface area (Å²) in [7, 11) is 0. The summed E-state index contributed by atoms with van der Waals surface area (Å²) in [5, 5.41) is 0. The Labute approximate surface area is 206 Å². The Kier molecular flexibility index (Phi) is 9.79. The molecular formula is C29H36F4O2. The molecule has 0 saturated heterocycles. The van der Waals surface area contributed by atoms with Crippen LogP contribution in [0.15, 0.2) is 60.9 Å². The van der Waals surface area contributed by atoms with Gasteiger partial charge in [-0.1, -0.05) is 31.4 Å². The highest BCUT2D eigenvalue weighted by atomic mass is 19.2. The van der Waals surface area contributed by atoms with E-state index in [4.69, 9.17) is 9.47 Å². The lowest BCUT2D eigenvalue weighted by Gasteiger charge is -2.30. The van der Waals surface area contributed by atoms with E-state index in [1.807, 2.05) is 6.08 Å². The second-order valence-corrected chi connectivity index (χ2v) is 9.59. The summed E-state index contributed by atoms with van der Waals surface area (Å²) in [4.78, 5) is 0. The third-order valence-corrected chi connectivity index (χ3v) is 7.36. The van der Waals surface area contributed by atoms with Gasteiger partial charge in [0.1, 0.15) is 0 Å². The van der Waals surface area contributed by atoms with Crippen molar-refractivity contribution in [1.82, 2.24) is 0 Å². The summed E-state index contributed by atoms with van der Waals surface area (Å²) < 4.78 is 68.8. The van der Waals surface area contributed by atoms with Crippen molar-refractivity contribution >= 4 is 0 Å². The molecule has 2 aliphatic carbocycles. The molecule has 2 aliphatic rings. The van der Waals surface area contributed by atoms with E-state index in [-0.39, 0.29) is 42.5 Å². The van der Waals surface area contributed by atoms with E-state index in [0.29, 0.717) is 42.7 Å². The van der Waals surface area contributed by atoms with Crippen LogP contribution in [0.25, 0.3) is 0 Å². The molecule has 0 aromatic heterocycles. The van der Waals surface area contributed by atoms with Crippen LogP contribution in [-0.2, 0) is 9.47 Å². The van der Waals surface area contributed by atoms with Crippen LogP contribution in [0.5, 0.6) is 0 Å². The lowest BCUT2D eigenvalue weighted by Crippen LogP contribution is -2.22. The van der Waals surface area contributed by atoms with E-state index in [0.717, 1.165) is 25.7 Å². The van der Waals surface area contributed by atoms with E-state index in [9.17, 15) is 13.2 Å². The number of rotatable bonds is 10. The Hall–Kier alpha value is -2.34. The Morgan fingerprint density at radius 1 is 0.886 bits per heavy atom. The molecule has 1 aromatic rings. The second kappa shape index (κ2) is 12.6. The van der Waals surface area contributed by atoms with Crippen molar-refractivity contribution < 1.29 is 27.0 Å². The van der Waals surface area contributed by atoms with Crippen LogP contribution in [0.2, 0.25) is 0 Å². The van der Waals surface area contributed by atoms with Crippen LogP contribution in [0, 0.1) is 17.6 Å². The van der Waals surface area contributed by atoms with Gasteiger partial charge in [-0.05, 0) is 87.2 Å². The van der Waals surface area contributed by atoms with Gasteiger partial charge in [-0.2, -0.15) is 4.39 Å². The molecule has 1 aromatic carbocycles. The van der Waals surface area contributed by atoms with Gasteiger partial charge in [0, 0.05) is 5.57 Å². The predicted molar refractivity (Wildman–Crippen MR) is 131 cm³/mol. The van der Waals surface area contributed by atoms with Crippen molar-refractivity contribution in [2.45, 2.75) is 76.2 Å². The Morgan fingerprint density at radius 3 is 1.89 bits per heavy atom. The normalized spacial score (nSPS) is 25.5. The first-order valence-corrected chi connectivity index (χ1v) is 12.5. The fraction of sp³-hybridized carbons (Fsp3) is 0.517. The zero-order valence-electron chi connectivity index (χ0n) is 20.6. The van der Waals surface area contributed by atoms with Crippen LogP contribution >= 0.6 is 0 Å². The van der Waals surface area contributed by atoms with Gasteiger partial charge in [0.05, 0.1) is 19.3 Å². The van der Waals surface area contributed by atoms with Crippen molar-refractivity contribution in [3.05, 3.63) is 83.7 Å². The standard InChI is InChI=1S/C29H36F4O2/c1-5-20-7-9-21(10-8-20)24-15-16-25(29(33)28(24)32)22-11-13-23(14-12-22)35-17-18(3)26(30)27(31)19(4)34-6-2/h5,15-16,20-23H,1,3-4,6-14,17H2,2H3/b27-26-. The topological polar surface area (TPSA) is 18.5 Å². The molecule has 6 heteroatoms. The van der Waals surface area contributed by atoms with Crippen LogP contribution in [-0.4, -0.2) is 19.3 Å². The number of hydrogen-bond acceptors (Lipinski definition) is 2. The molecule has 0 N–H and O–H groups in total. The Morgan fingerprint density at radius 2 is 1.40 bits per heavy atom. The molecule has 0 heterocycles. The summed E-state index contributed by atoms with van der Waals surface area (Å²) in [5.74, 6) is -3.71. The number of benzene rings is 1. The highest BCUT2D eigenvalue weighted by Crippen LogP contribution is 2.41. The first kappa shape index (κ1) is 27.3. The molecule has 0 aliphatic heterocycles. The van der Waals surface area contributed by atoms with Crippen molar-refractivity contribution in [1.29, 1.82) is 0 Å². The second-order valence-electron chi connectivity index (χ2n) is 9.59. The number of allylic oxidation sites excluding steroid dienone is 2. The third kappa shape index (κ3) is 6.66. The maximum Gasteiger partial charge on any atom is 0.200 e. The fourth-order valence-electron chi connectivity index (χ4n) is 5.21. The predicted octanol–water partition coefficient (Wildman–Crippen LogP) is 8.72. The van der Waals surface area contributed by atoms with Gasteiger partial charge in [-0.3, -0.25) is 0 Å². The van der Waals surface area contributed by atoms with E-state index in [1.165, 1.54) is 0 Å². The van der Waals surface area contributed by atoms with Crippen molar-refractivity contribution in [2.24, 2.45) is 5.92 Å². The minimum Gasteiger partial charge on any atom is -0.491 e. The molecule has 0 radical (unpaired) electrons. The smallest absolute Gasteiger partial charge is 0.200 e. The summed E-state index contributed by atoms with van der Waals surface area (Å²) in [6, 6.07) is 3.51. The maximum absolute atomic E-state index is 15.0. The summed E-state index contributed by atoms with van der Waals surface area (Å²) in [5.41, 5.74) is 0.773. The number of hydrogen-bond donors (Lipinski definition) is 0. The Bertz CT molecular complexity index is 952. The first-order chi connectivity index (χ1) is 16.8. The molecule has 2 fully saturated rings. The van der Waals surface area contributed by atoms with Gasteiger partial charge in [-0.25, -0.2) is 13.2 Å². The average molecular weight is 493 g/mol. The molecule has 0 bridgehead atoms. The molecular weight excluding hydrogens is 456 g/mol.